The second-order valence-electron chi connectivity index (χ2n) is 2.21. The molecule has 0 rings (SSSR count). The first-order valence-electron chi connectivity index (χ1n) is 3.31. The molecular weight excluding hydrogens is 136 g/mol. The minimum atomic E-state index is 0.198. The van der Waals surface area contributed by atoms with E-state index in [-0.39, 0.29) is 11.7 Å². The maximum absolute atomic E-state index is 10.9. The monoisotopic (exact) mass is 148 g/mol. The molecule has 1 unspecified atom stereocenters. The van der Waals surface area contributed by atoms with Crippen LogP contribution in [0.25, 0.3) is 0 Å². The first kappa shape index (κ1) is 8.96. The van der Waals surface area contributed by atoms with Crippen molar-refractivity contribution >= 4 is 17.4 Å². The number of ketones is 1. The van der Waals surface area contributed by atoms with E-state index in [9.17, 15) is 4.79 Å². The van der Waals surface area contributed by atoms with Gasteiger partial charge in [-0.1, -0.05) is 13.8 Å². The first-order chi connectivity index (χ1) is 4.22. The van der Waals surface area contributed by atoms with E-state index in [0.717, 1.165) is 6.42 Å². The third-order valence-corrected chi connectivity index (χ3v) is 1.69. The smallest absolute Gasteiger partial charge is 0.136 e. The summed E-state index contributed by atoms with van der Waals surface area (Å²) in [5.74, 6) is 0.944. The highest BCUT2D eigenvalue weighted by Gasteiger charge is 2.08. The van der Waals surface area contributed by atoms with Gasteiger partial charge in [0.05, 0.1) is 0 Å². The van der Waals surface area contributed by atoms with E-state index < -0.39 is 0 Å². The summed E-state index contributed by atoms with van der Waals surface area (Å²) in [5.41, 5.74) is 0. The standard InChI is InChI=1S/C7H13ClO/c1-3-6(2)7(9)4-5-8/h6H,3-5H2,1-2H3. The SMILES string of the molecule is CCC(C)C(=O)CCCl. The molecule has 0 amide bonds. The Morgan fingerprint density at radius 3 is 2.56 bits per heavy atom. The van der Waals surface area contributed by atoms with Gasteiger partial charge >= 0.3 is 0 Å². The highest BCUT2D eigenvalue weighted by atomic mass is 35.5. The number of alkyl halides is 1. The molecule has 0 aromatic rings. The lowest BCUT2D eigenvalue weighted by Crippen LogP contribution is -2.09. The summed E-state index contributed by atoms with van der Waals surface area (Å²) in [7, 11) is 0. The minimum absolute atomic E-state index is 0.198. The number of carbonyl (C=O) groups is 1. The molecule has 0 aromatic heterocycles. The van der Waals surface area contributed by atoms with Crippen molar-refractivity contribution in [2.75, 3.05) is 5.88 Å². The van der Waals surface area contributed by atoms with Crippen LogP contribution in [-0.2, 0) is 4.79 Å². The van der Waals surface area contributed by atoms with Crippen molar-refractivity contribution in [3.8, 4) is 0 Å². The molecule has 0 heterocycles. The molecule has 54 valence electrons. The van der Waals surface area contributed by atoms with Gasteiger partial charge in [-0.3, -0.25) is 4.79 Å². The predicted molar refractivity (Wildman–Crippen MR) is 39.8 cm³/mol. The molecule has 0 fully saturated rings. The molecule has 0 aliphatic rings. The molecule has 9 heavy (non-hydrogen) atoms. The second-order valence-corrected chi connectivity index (χ2v) is 2.59. The largest absolute Gasteiger partial charge is 0.299 e. The average molecular weight is 149 g/mol. The van der Waals surface area contributed by atoms with Gasteiger partial charge in [0, 0.05) is 18.2 Å². The van der Waals surface area contributed by atoms with Crippen LogP contribution in [0.15, 0.2) is 0 Å². The Bertz CT molecular complexity index is 90.9. The number of halogens is 1. The van der Waals surface area contributed by atoms with Crippen LogP contribution in [0.3, 0.4) is 0 Å². The fourth-order valence-corrected chi connectivity index (χ4v) is 0.753. The highest BCUT2D eigenvalue weighted by Crippen LogP contribution is 2.04. The molecule has 0 saturated heterocycles. The van der Waals surface area contributed by atoms with E-state index in [1.54, 1.807) is 0 Å². The second kappa shape index (κ2) is 4.80. The van der Waals surface area contributed by atoms with Gasteiger partial charge in [-0.2, -0.15) is 0 Å². The van der Waals surface area contributed by atoms with Crippen molar-refractivity contribution in [1.82, 2.24) is 0 Å². The Morgan fingerprint density at radius 1 is 1.67 bits per heavy atom. The van der Waals surface area contributed by atoms with Gasteiger partial charge in [-0.05, 0) is 6.42 Å². The molecule has 0 bridgehead atoms. The van der Waals surface area contributed by atoms with Crippen LogP contribution in [-0.4, -0.2) is 11.7 Å². The van der Waals surface area contributed by atoms with Gasteiger partial charge in [-0.25, -0.2) is 0 Å². The fraction of sp³-hybridized carbons (Fsp3) is 0.857. The third-order valence-electron chi connectivity index (χ3n) is 1.50. The molecule has 0 saturated carbocycles. The van der Waals surface area contributed by atoms with Gasteiger partial charge in [0.2, 0.25) is 0 Å². The molecule has 2 heteroatoms. The minimum Gasteiger partial charge on any atom is -0.299 e. The number of hydrogen-bond acceptors (Lipinski definition) is 1. The lowest BCUT2D eigenvalue weighted by atomic mass is 10.0. The van der Waals surface area contributed by atoms with Crippen LogP contribution in [0.5, 0.6) is 0 Å². The summed E-state index contributed by atoms with van der Waals surface area (Å²) >= 11 is 5.38. The molecule has 0 aliphatic heterocycles. The first-order valence-corrected chi connectivity index (χ1v) is 3.84. The van der Waals surface area contributed by atoms with Crippen LogP contribution < -0.4 is 0 Å². The summed E-state index contributed by atoms with van der Waals surface area (Å²) in [6.45, 7) is 3.95. The number of carbonyl (C=O) groups excluding carboxylic acids is 1. The Morgan fingerprint density at radius 2 is 2.22 bits per heavy atom. The van der Waals surface area contributed by atoms with Gasteiger partial charge in [-0.15, -0.1) is 11.6 Å². The zero-order valence-corrected chi connectivity index (χ0v) is 6.74. The summed E-state index contributed by atoms with van der Waals surface area (Å²) in [4.78, 5) is 10.9. The Labute approximate surface area is 61.4 Å². The van der Waals surface area contributed by atoms with Gasteiger partial charge in [0.15, 0.2) is 0 Å². The number of Topliss-reactive ketones (excluding diaryl/α,β-unsaturated/α-hetero) is 1. The van der Waals surface area contributed by atoms with E-state index >= 15 is 0 Å². The zero-order valence-electron chi connectivity index (χ0n) is 5.98. The predicted octanol–water partition coefficient (Wildman–Crippen LogP) is 2.23. The average Bonchev–Trinajstić information content (AvgIpc) is 1.87. The number of rotatable bonds is 4. The summed E-state index contributed by atoms with van der Waals surface area (Å²) in [5, 5.41) is 0. The Balaban J connectivity index is 3.46. The van der Waals surface area contributed by atoms with Crippen molar-refractivity contribution in [2.45, 2.75) is 26.7 Å². The van der Waals surface area contributed by atoms with Gasteiger partial charge in [0.1, 0.15) is 5.78 Å². The Kier molecular flexibility index (Phi) is 4.78. The van der Waals surface area contributed by atoms with E-state index in [4.69, 9.17) is 11.6 Å². The molecule has 0 radical (unpaired) electrons. The van der Waals surface area contributed by atoms with E-state index in [2.05, 4.69) is 0 Å². The topological polar surface area (TPSA) is 17.1 Å². The molecule has 1 nitrogen and oxygen atoms in total. The molecule has 0 N–H and O–H groups in total. The molecule has 1 atom stereocenters. The summed E-state index contributed by atoms with van der Waals surface area (Å²) in [6, 6.07) is 0. The van der Waals surface area contributed by atoms with Crippen molar-refractivity contribution in [1.29, 1.82) is 0 Å². The summed E-state index contributed by atoms with van der Waals surface area (Å²) < 4.78 is 0. The quantitative estimate of drug-likeness (QED) is 0.559. The molecular formula is C7H13ClO. The van der Waals surface area contributed by atoms with E-state index in [1.807, 2.05) is 13.8 Å². The maximum atomic E-state index is 10.9. The van der Waals surface area contributed by atoms with Crippen molar-refractivity contribution in [3.05, 3.63) is 0 Å². The normalized spacial score (nSPS) is 13.2. The van der Waals surface area contributed by atoms with E-state index in [1.165, 1.54) is 0 Å². The zero-order chi connectivity index (χ0) is 7.28. The molecule has 0 aromatic carbocycles. The van der Waals surface area contributed by atoms with Crippen molar-refractivity contribution in [2.24, 2.45) is 5.92 Å². The van der Waals surface area contributed by atoms with Crippen LogP contribution in [0.2, 0.25) is 0 Å². The lowest BCUT2D eigenvalue weighted by molar-refractivity contribution is -0.122. The fourth-order valence-electron chi connectivity index (χ4n) is 0.567. The highest BCUT2D eigenvalue weighted by molar-refractivity contribution is 6.19. The molecule has 0 spiro atoms. The van der Waals surface area contributed by atoms with Gasteiger partial charge < -0.3 is 0 Å². The Hall–Kier alpha value is -0.0400. The molecule has 0 aliphatic carbocycles. The van der Waals surface area contributed by atoms with Crippen molar-refractivity contribution < 1.29 is 4.79 Å². The van der Waals surface area contributed by atoms with Crippen LogP contribution >= 0.6 is 11.6 Å². The van der Waals surface area contributed by atoms with Gasteiger partial charge in [0.25, 0.3) is 0 Å². The lowest BCUT2D eigenvalue weighted by Gasteiger charge is -2.03. The summed E-state index contributed by atoms with van der Waals surface area (Å²) in [6.07, 6.45) is 1.45. The maximum Gasteiger partial charge on any atom is 0.136 e. The van der Waals surface area contributed by atoms with Crippen LogP contribution in [0.1, 0.15) is 26.7 Å². The van der Waals surface area contributed by atoms with E-state index in [0.29, 0.717) is 12.3 Å². The third kappa shape index (κ3) is 3.52. The van der Waals surface area contributed by atoms with Crippen LogP contribution in [0.4, 0.5) is 0 Å². The number of hydrogen-bond donors (Lipinski definition) is 0. The van der Waals surface area contributed by atoms with Crippen LogP contribution in [0, 0.1) is 5.92 Å². The van der Waals surface area contributed by atoms with Crippen molar-refractivity contribution in [3.63, 3.8) is 0 Å².